The van der Waals surface area contributed by atoms with Gasteiger partial charge >= 0.3 is 0 Å². The standard InChI is InChI=1S/C15H19BrF2N2O/c1-19-15(5-3-2-4-6-15)9-14(21)20-13-8-11(17)10(16)7-12(13)18/h7-8,19H,2-6,9H2,1H3,(H,20,21). The topological polar surface area (TPSA) is 41.1 Å². The van der Waals surface area contributed by atoms with Crippen LogP contribution in [-0.4, -0.2) is 18.5 Å². The third-order valence-corrected chi connectivity index (χ3v) is 4.73. The van der Waals surface area contributed by atoms with Gasteiger partial charge in [0.15, 0.2) is 0 Å². The molecule has 1 saturated carbocycles. The van der Waals surface area contributed by atoms with Gasteiger partial charge in [-0.2, -0.15) is 0 Å². The summed E-state index contributed by atoms with van der Waals surface area (Å²) in [5.41, 5.74) is -0.352. The minimum atomic E-state index is -0.654. The highest BCUT2D eigenvalue weighted by Crippen LogP contribution is 2.31. The molecule has 0 heterocycles. The highest BCUT2D eigenvalue weighted by atomic mass is 79.9. The average molecular weight is 361 g/mol. The van der Waals surface area contributed by atoms with Gasteiger partial charge in [0.05, 0.1) is 10.2 Å². The second-order valence-electron chi connectivity index (χ2n) is 5.56. The van der Waals surface area contributed by atoms with Crippen LogP contribution in [0.5, 0.6) is 0 Å². The molecule has 2 N–H and O–H groups in total. The molecular formula is C15H19BrF2N2O. The summed E-state index contributed by atoms with van der Waals surface area (Å²) in [6.07, 6.45) is 5.45. The number of anilines is 1. The average Bonchev–Trinajstić information content (AvgIpc) is 2.45. The SMILES string of the molecule is CNC1(CC(=O)Nc2cc(F)c(Br)cc2F)CCCCC1. The minimum Gasteiger partial charge on any atom is -0.323 e. The number of benzene rings is 1. The maximum absolute atomic E-state index is 13.7. The van der Waals surface area contributed by atoms with Gasteiger partial charge in [-0.3, -0.25) is 4.79 Å². The first-order valence-electron chi connectivity index (χ1n) is 7.09. The van der Waals surface area contributed by atoms with E-state index in [-0.39, 0.29) is 28.0 Å². The van der Waals surface area contributed by atoms with Crippen LogP contribution in [0.25, 0.3) is 0 Å². The Morgan fingerprint density at radius 1 is 1.24 bits per heavy atom. The second kappa shape index (κ2) is 6.83. The van der Waals surface area contributed by atoms with Gasteiger partial charge in [0, 0.05) is 18.0 Å². The number of carbonyl (C=O) groups is 1. The van der Waals surface area contributed by atoms with Gasteiger partial charge < -0.3 is 10.6 Å². The molecule has 0 bridgehead atoms. The first-order chi connectivity index (χ1) is 9.96. The lowest BCUT2D eigenvalue weighted by Crippen LogP contribution is -2.47. The van der Waals surface area contributed by atoms with Crippen molar-refractivity contribution in [2.45, 2.75) is 44.1 Å². The normalized spacial score (nSPS) is 17.5. The van der Waals surface area contributed by atoms with E-state index in [0.717, 1.165) is 37.8 Å². The second-order valence-corrected chi connectivity index (χ2v) is 6.42. The van der Waals surface area contributed by atoms with Crippen LogP contribution in [0.1, 0.15) is 38.5 Å². The highest BCUT2D eigenvalue weighted by molar-refractivity contribution is 9.10. The summed E-state index contributed by atoms with van der Waals surface area (Å²) >= 11 is 2.91. The quantitative estimate of drug-likeness (QED) is 0.797. The summed E-state index contributed by atoms with van der Waals surface area (Å²) in [6.45, 7) is 0. The number of halogens is 3. The zero-order valence-electron chi connectivity index (χ0n) is 11.9. The molecule has 0 atom stereocenters. The van der Waals surface area contributed by atoms with Crippen molar-refractivity contribution in [2.75, 3.05) is 12.4 Å². The monoisotopic (exact) mass is 360 g/mol. The van der Waals surface area contributed by atoms with E-state index in [0.29, 0.717) is 0 Å². The van der Waals surface area contributed by atoms with Gasteiger partial charge in [-0.25, -0.2) is 8.78 Å². The lowest BCUT2D eigenvalue weighted by atomic mass is 9.79. The van der Waals surface area contributed by atoms with Crippen LogP contribution in [0.4, 0.5) is 14.5 Å². The van der Waals surface area contributed by atoms with Gasteiger partial charge in [0.2, 0.25) is 5.91 Å². The van der Waals surface area contributed by atoms with Crippen LogP contribution in [0, 0.1) is 11.6 Å². The number of amides is 1. The largest absolute Gasteiger partial charge is 0.323 e. The smallest absolute Gasteiger partial charge is 0.226 e. The number of carbonyl (C=O) groups excluding carboxylic acids is 1. The Hall–Kier alpha value is -1.01. The fourth-order valence-electron chi connectivity index (χ4n) is 2.86. The van der Waals surface area contributed by atoms with Crippen molar-refractivity contribution in [1.82, 2.24) is 5.32 Å². The van der Waals surface area contributed by atoms with Crippen molar-refractivity contribution in [3.05, 3.63) is 28.2 Å². The van der Waals surface area contributed by atoms with E-state index in [1.165, 1.54) is 6.42 Å². The van der Waals surface area contributed by atoms with Crippen molar-refractivity contribution < 1.29 is 13.6 Å². The third-order valence-electron chi connectivity index (χ3n) is 4.12. The van der Waals surface area contributed by atoms with Crippen molar-refractivity contribution in [2.24, 2.45) is 0 Å². The molecule has 1 fully saturated rings. The van der Waals surface area contributed by atoms with Crippen LogP contribution < -0.4 is 10.6 Å². The molecule has 0 spiro atoms. The lowest BCUT2D eigenvalue weighted by Gasteiger charge is -2.36. The van der Waals surface area contributed by atoms with Gasteiger partial charge in [0.25, 0.3) is 0 Å². The molecule has 21 heavy (non-hydrogen) atoms. The number of hydrogen-bond donors (Lipinski definition) is 2. The van der Waals surface area contributed by atoms with Crippen LogP contribution in [-0.2, 0) is 4.79 Å². The number of nitrogens with one attached hydrogen (secondary N) is 2. The molecule has 1 aliphatic rings. The molecule has 1 aromatic rings. The molecule has 1 aliphatic carbocycles. The molecule has 1 amide bonds. The van der Waals surface area contributed by atoms with Gasteiger partial charge in [0.1, 0.15) is 11.6 Å². The van der Waals surface area contributed by atoms with Crippen LogP contribution in [0.2, 0.25) is 0 Å². The van der Waals surface area contributed by atoms with E-state index in [9.17, 15) is 13.6 Å². The fraction of sp³-hybridized carbons (Fsp3) is 0.533. The summed E-state index contributed by atoms with van der Waals surface area (Å²) in [7, 11) is 1.85. The van der Waals surface area contributed by atoms with Crippen molar-refractivity contribution in [3.63, 3.8) is 0 Å². The molecular weight excluding hydrogens is 342 g/mol. The van der Waals surface area contributed by atoms with E-state index in [4.69, 9.17) is 0 Å². The fourth-order valence-corrected chi connectivity index (χ4v) is 3.18. The lowest BCUT2D eigenvalue weighted by molar-refractivity contribution is -0.118. The minimum absolute atomic E-state index is 0.0389. The van der Waals surface area contributed by atoms with E-state index < -0.39 is 11.6 Å². The third kappa shape index (κ3) is 4.01. The van der Waals surface area contributed by atoms with E-state index in [1.54, 1.807) is 0 Å². The van der Waals surface area contributed by atoms with Gasteiger partial charge in [-0.1, -0.05) is 19.3 Å². The molecule has 116 valence electrons. The Morgan fingerprint density at radius 3 is 2.52 bits per heavy atom. The summed E-state index contributed by atoms with van der Waals surface area (Å²) in [6, 6.07) is 2.00. The van der Waals surface area contributed by atoms with Crippen LogP contribution in [0.15, 0.2) is 16.6 Å². The van der Waals surface area contributed by atoms with Crippen LogP contribution in [0.3, 0.4) is 0 Å². The Labute approximate surface area is 131 Å². The first kappa shape index (κ1) is 16.4. The summed E-state index contributed by atoms with van der Waals surface area (Å²) in [5.74, 6) is -1.56. The molecule has 0 saturated heterocycles. The van der Waals surface area contributed by atoms with E-state index in [2.05, 4.69) is 26.6 Å². The van der Waals surface area contributed by atoms with Crippen molar-refractivity contribution >= 4 is 27.5 Å². The number of hydrogen-bond acceptors (Lipinski definition) is 2. The predicted octanol–water partition coefficient (Wildman–Crippen LogP) is 3.98. The van der Waals surface area contributed by atoms with Gasteiger partial charge in [-0.05, 0) is 41.9 Å². The summed E-state index contributed by atoms with van der Waals surface area (Å²) < 4.78 is 27.2. The molecule has 2 rings (SSSR count). The first-order valence-corrected chi connectivity index (χ1v) is 7.88. The Balaban J connectivity index is 2.06. The molecule has 0 unspecified atom stereocenters. The van der Waals surface area contributed by atoms with Crippen molar-refractivity contribution in [3.8, 4) is 0 Å². The molecule has 1 aromatic carbocycles. The molecule has 0 radical (unpaired) electrons. The molecule has 3 nitrogen and oxygen atoms in total. The molecule has 0 aromatic heterocycles. The van der Waals surface area contributed by atoms with Crippen molar-refractivity contribution in [1.29, 1.82) is 0 Å². The zero-order chi connectivity index (χ0) is 15.5. The Bertz CT molecular complexity index is 531. The van der Waals surface area contributed by atoms with E-state index in [1.807, 2.05) is 7.05 Å². The van der Waals surface area contributed by atoms with E-state index >= 15 is 0 Å². The summed E-state index contributed by atoms with van der Waals surface area (Å²) in [4.78, 5) is 12.1. The molecule has 0 aliphatic heterocycles. The Morgan fingerprint density at radius 2 is 1.90 bits per heavy atom. The number of rotatable bonds is 4. The van der Waals surface area contributed by atoms with Gasteiger partial charge in [-0.15, -0.1) is 0 Å². The maximum atomic E-state index is 13.7. The summed E-state index contributed by atoms with van der Waals surface area (Å²) in [5, 5.41) is 5.70. The maximum Gasteiger partial charge on any atom is 0.226 e. The molecule has 6 heteroatoms. The zero-order valence-corrected chi connectivity index (χ0v) is 13.5. The Kier molecular flexibility index (Phi) is 5.32. The van der Waals surface area contributed by atoms with Crippen LogP contribution >= 0.6 is 15.9 Å². The predicted molar refractivity (Wildman–Crippen MR) is 82.2 cm³/mol. The highest BCUT2D eigenvalue weighted by Gasteiger charge is 2.32.